The van der Waals surface area contributed by atoms with Crippen LogP contribution in [0.15, 0.2) is 0 Å². The summed E-state index contributed by atoms with van der Waals surface area (Å²) in [6.45, 7) is 5.97. The molecule has 3 amide bonds. The van der Waals surface area contributed by atoms with Gasteiger partial charge in [-0.05, 0) is 13.8 Å². The highest BCUT2D eigenvalue weighted by molar-refractivity contribution is 6.04. The van der Waals surface area contributed by atoms with E-state index >= 15 is 0 Å². The molecular weight excluding hydrogens is 262 g/mol. The molecule has 0 saturated carbocycles. The minimum atomic E-state index is -1.11. The Morgan fingerprint density at radius 2 is 1.85 bits per heavy atom. The van der Waals surface area contributed by atoms with Gasteiger partial charge in [0.2, 0.25) is 18.2 Å². The van der Waals surface area contributed by atoms with Crippen molar-refractivity contribution in [3.8, 4) is 0 Å². The van der Waals surface area contributed by atoms with Gasteiger partial charge in [-0.15, -0.1) is 0 Å². The summed E-state index contributed by atoms with van der Waals surface area (Å²) < 4.78 is 4.86. The third-order valence-corrected chi connectivity index (χ3v) is 3.44. The largest absolute Gasteiger partial charge is 0.383 e. The lowest BCUT2D eigenvalue weighted by molar-refractivity contribution is -0.150. The third-order valence-electron chi connectivity index (χ3n) is 3.44. The molecule has 7 nitrogen and oxygen atoms in total. The zero-order chi connectivity index (χ0) is 15.2. The maximum atomic E-state index is 12.4. The van der Waals surface area contributed by atoms with Gasteiger partial charge in [-0.2, -0.15) is 0 Å². The molecule has 7 heteroatoms. The summed E-state index contributed by atoms with van der Waals surface area (Å²) in [5.41, 5.74) is -1.11. The van der Waals surface area contributed by atoms with Crippen molar-refractivity contribution in [3.63, 3.8) is 0 Å². The second-order valence-corrected chi connectivity index (χ2v) is 5.31. The fraction of sp³-hybridized carbons (Fsp3) is 0.769. The Balaban J connectivity index is 2.55. The molecular formula is C13H23N3O4. The number of methoxy groups -OCH3 is 1. The average Bonchev–Trinajstić information content (AvgIpc) is 2.46. The monoisotopic (exact) mass is 285 g/mol. The normalized spacial score (nSPS) is 15.9. The van der Waals surface area contributed by atoms with Crippen LogP contribution in [0.1, 0.15) is 13.8 Å². The Bertz CT molecular complexity index is 363. The highest BCUT2D eigenvalue weighted by Gasteiger charge is 2.39. The van der Waals surface area contributed by atoms with Crippen molar-refractivity contribution in [2.75, 3.05) is 46.4 Å². The van der Waals surface area contributed by atoms with E-state index in [4.69, 9.17) is 4.74 Å². The first-order chi connectivity index (χ1) is 9.43. The number of amides is 3. The zero-order valence-corrected chi connectivity index (χ0v) is 12.3. The third kappa shape index (κ3) is 3.93. The smallest absolute Gasteiger partial charge is 0.237 e. The van der Waals surface area contributed by atoms with E-state index in [0.717, 1.165) is 6.41 Å². The van der Waals surface area contributed by atoms with Crippen molar-refractivity contribution in [2.24, 2.45) is 5.41 Å². The maximum absolute atomic E-state index is 12.4. The van der Waals surface area contributed by atoms with Gasteiger partial charge >= 0.3 is 0 Å². The van der Waals surface area contributed by atoms with Crippen LogP contribution in [0.4, 0.5) is 0 Å². The molecule has 0 aromatic rings. The maximum Gasteiger partial charge on any atom is 0.237 e. The lowest BCUT2D eigenvalue weighted by Gasteiger charge is -2.36. The fourth-order valence-corrected chi connectivity index (χ4v) is 2.01. The predicted molar refractivity (Wildman–Crippen MR) is 72.9 cm³/mol. The average molecular weight is 285 g/mol. The van der Waals surface area contributed by atoms with E-state index in [0.29, 0.717) is 39.3 Å². The van der Waals surface area contributed by atoms with E-state index in [9.17, 15) is 14.4 Å². The predicted octanol–water partition coefficient (Wildman–Crippen LogP) is -0.924. The quantitative estimate of drug-likeness (QED) is 0.389. The number of hydrogen-bond acceptors (Lipinski definition) is 4. The first-order valence-electron chi connectivity index (χ1n) is 6.69. The van der Waals surface area contributed by atoms with Crippen LogP contribution < -0.4 is 5.32 Å². The summed E-state index contributed by atoms with van der Waals surface area (Å²) >= 11 is 0. The van der Waals surface area contributed by atoms with Crippen molar-refractivity contribution in [3.05, 3.63) is 0 Å². The lowest BCUT2D eigenvalue weighted by atomic mass is 9.90. The van der Waals surface area contributed by atoms with Crippen molar-refractivity contribution in [1.29, 1.82) is 0 Å². The molecule has 0 aromatic carbocycles. The SMILES string of the molecule is COCCNC(=O)C(C)(C)C(=O)N1CCN(C=O)CC1. The number of ether oxygens (including phenoxy) is 1. The number of piperazine rings is 1. The molecule has 20 heavy (non-hydrogen) atoms. The fourth-order valence-electron chi connectivity index (χ4n) is 2.01. The molecule has 0 radical (unpaired) electrons. The van der Waals surface area contributed by atoms with Crippen molar-refractivity contribution in [2.45, 2.75) is 13.8 Å². The van der Waals surface area contributed by atoms with Crippen LogP contribution in [-0.4, -0.2) is 74.5 Å². The lowest BCUT2D eigenvalue weighted by Crippen LogP contribution is -2.55. The summed E-state index contributed by atoms with van der Waals surface area (Å²) in [5, 5.41) is 2.69. The van der Waals surface area contributed by atoms with Crippen LogP contribution in [0.5, 0.6) is 0 Å². The number of nitrogens with one attached hydrogen (secondary N) is 1. The number of carbonyl (C=O) groups is 3. The van der Waals surface area contributed by atoms with Crippen LogP contribution in [0.25, 0.3) is 0 Å². The highest BCUT2D eigenvalue weighted by Crippen LogP contribution is 2.20. The van der Waals surface area contributed by atoms with E-state index in [2.05, 4.69) is 5.32 Å². The molecule has 0 spiro atoms. The molecule has 0 unspecified atom stereocenters. The van der Waals surface area contributed by atoms with Crippen molar-refractivity contribution < 1.29 is 19.1 Å². The number of rotatable bonds is 6. The molecule has 1 saturated heterocycles. The first kappa shape index (κ1) is 16.4. The van der Waals surface area contributed by atoms with E-state index in [1.807, 2.05) is 0 Å². The van der Waals surface area contributed by atoms with Crippen LogP contribution in [0.2, 0.25) is 0 Å². The highest BCUT2D eigenvalue weighted by atomic mass is 16.5. The first-order valence-corrected chi connectivity index (χ1v) is 6.69. The number of carbonyl (C=O) groups excluding carboxylic acids is 3. The van der Waals surface area contributed by atoms with Gasteiger partial charge < -0.3 is 19.9 Å². The summed E-state index contributed by atoms with van der Waals surface area (Å²) in [6.07, 6.45) is 0.782. The van der Waals surface area contributed by atoms with Gasteiger partial charge in [-0.3, -0.25) is 14.4 Å². The minimum absolute atomic E-state index is 0.210. The Labute approximate surface area is 119 Å². The Morgan fingerprint density at radius 1 is 1.25 bits per heavy atom. The summed E-state index contributed by atoms with van der Waals surface area (Å²) in [4.78, 5) is 38.4. The van der Waals surface area contributed by atoms with Gasteiger partial charge in [-0.1, -0.05) is 0 Å². The number of nitrogens with zero attached hydrogens (tertiary/aromatic N) is 2. The standard InChI is InChI=1S/C13H23N3O4/c1-13(2,11(18)14-4-9-20-3)12(19)16-7-5-15(10-17)6-8-16/h10H,4-9H2,1-3H3,(H,14,18). The van der Waals surface area contributed by atoms with Gasteiger partial charge in [0.25, 0.3) is 0 Å². The van der Waals surface area contributed by atoms with E-state index in [1.165, 1.54) is 0 Å². The Kier molecular flexibility index (Phi) is 5.94. The van der Waals surface area contributed by atoms with Crippen LogP contribution in [0, 0.1) is 5.41 Å². The molecule has 0 aliphatic carbocycles. The van der Waals surface area contributed by atoms with Gasteiger partial charge in [0.1, 0.15) is 5.41 Å². The summed E-state index contributed by atoms with van der Waals surface area (Å²) in [7, 11) is 1.55. The van der Waals surface area contributed by atoms with Crippen molar-refractivity contribution in [1.82, 2.24) is 15.1 Å². The molecule has 114 valence electrons. The summed E-state index contributed by atoms with van der Waals surface area (Å²) in [5.74, 6) is -0.518. The molecule has 1 aliphatic rings. The van der Waals surface area contributed by atoms with Gasteiger partial charge in [0.15, 0.2) is 0 Å². The molecule has 1 N–H and O–H groups in total. The molecule has 1 fully saturated rings. The van der Waals surface area contributed by atoms with Crippen molar-refractivity contribution >= 4 is 18.2 Å². The summed E-state index contributed by atoms with van der Waals surface area (Å²) in [6, 6.07) is 0. The second kappa shape index (κ2) is 7.23. The van der Waals surface area contributed by atoms with E-state index in [-0.39, 0.29) is 11.8 Å². The van der Waals surface area contributed by atoms with Gasteiger partial charge in [0, 0.05) is 39.8 Å². The van der Waals surface area contributed by atoms with E-state index in [1.54, 1.807) is 30.8 Å². The van der Waals surface area contributed by atoms with Crippen LogP contribution in [-0.2, 0) is 19.1 Å². The van der Waals surface area contributed by atoms with Crippen LogP contribution >= 0.6 is 0 Å². The molecule has 0 atom stereocenters. The molecule has 1 heterocycles. The molecule has 0 aromatic heterocycles. The zero-order valence-electron chi connectivity index (χ0n) is 12.3. The molecule has 0 bridgehead atoms. The minimum Gasteiger partial charge on any atom is -0.383 e. The number of hydrogen-bond donors (Lipinski definition) is 1. The molecule has 1 rings (SSSR count). The van der Waals surface area contributed by atoms with Gasteiger partial charge in [-0.25, -0.2) is 0 Å². The van der Waals surface area contributed by atoms with Gasteiger partial charge in [0.05, 0.1) is 6.61 Å². The Morgan fingerprint density at radius 3 is 2.35 bits per heavy atom. The second-order valence-electron chi connectivity index (χ2n) is 5.31. The topological polar surface area (TPSA) is 79.0 Å². The van der Waals surface area contributed by atoms with Crippen LogP contribution in [0.3, 0.4) is 0 Å². The van der Waals surface area contributed by atoms with E-state index < -0.39 is 5.41 Å². The Hall–Kier alpha value is -1.63. The molecule has 1 aliphatic heterocycles.